The molecule has 0 aromatic carbocycles. The number of imidazole rings is 1. The Bertz CT molecular complexity index is 185. The Balaban J connectivity index is 0.000000640. The first-order valence-corrected chi connectivity index (χ1v) is 2.32. The zero-order valence-corrected chi connectivity index (χ0v) is 6.19. The average Bonchev–Trinajstić information content (AvgIpc) is 2.19. The summed E-state index contributed by atoms with van der Waals surface area (Å²) in [5, 5.41) is 0. The standard InChI is InChI=1S/C6H6N2.Ag/c1-2-4-8-5-3-7-6-8;/h1,3,5-6H,4H2;. The van der Waals surface area contributed by atoms with Crippen LogP contribution in [0.15, 0.2) is 18.7 Å². The summed E-state index contributed by atoms with van der Waals surface area (Å²) in [6.07, 6.45) is 10.3. The molecule has 0 saturated heterocycles. The normalized spacial score (nSPS) is 7.44. The topological polar surface area (TPSA) is 17.8 Å². The smallest absolute Gasteiger partial charge is 0.0954 e. The Hall–Kier alpha value is -0.490. The van der Waals surface area contributed by atoms with E-state index in [-0.39, 0.29) is 22.4 Å². The van der Waals surface area contributed by atoms with Crippen molar-refractivity contribution in [3.63, 3.8) is 0 Å². The molecule has 2 nitrogen and oxygen atoms in total. The van der Waals surface area contributed by atoms with Crippen LogP contribution in [0.25, 0.3) is 0 Å². The van der Waals surface area contributed by atoms with E-state index in [1.54, 1.807) is 12.5 Å². The molecular formula is C6H6AgN2. The third-order valence-corrected chi connectivity index (χ3v) is 0.833. The summed E-state index contributed by atoms with van der Waals surface area (Å²) < 4.78 is 1.83. The van der Waals surface area contributed by atoms with Gasteiger partial charge in [0.25, 0.3) is 0 Å². The minimum Gasteiger partial charge on any atom is -0.326 e. The van der Waals surface area contributed by atoms with E-state index in [1.807, 2.05) is 10.8 Å². The molecular weight excluding hydrogens is 208 g/mol. The van der Waals surface area contributed by atoms with Gasteiger partial charge in [0.15, 0.2) is 0 Å². The molecule has 1 aromatic rings. The Labute approximate surface area is 69.8 Å². The summed E-state index contributed by atoms with van der Waals surface area (Å²) in [4.78, 5) is 3.81. The van der Waals surface area contributed by atoms with Gasteiger partial charge in [0.2, 0.25) is 0 Å². The van der Waals surface area contributed by atoms with Crippen molar-refractivity contribution < 1.29 is 22.4 Å². The summed E-state index contributed by atoms with van der Waals surface area (Å²) in [7, 11) is 0. The fourth-order valence-corrected chi connectivity index (χ4v) is 0.486. The number of hydrogen-bond acceptors (Lipinski definition) is 1. The maximum Gasteiger partial charge on any atom is 0.0954 e. The zero-order valence-electron chi connectivity index (χ0n) is 4.71. The van der Waals surface area contributed by atoms with Crippen LogP contribution in [0.3, 0.4) is 0 Å². The molecule has 0 N–H and O–H groups in total. The average molecular weight is 214 g/mol. The maximum absolute atomic E-state index is 5.02. The fourth-order valence-electron chi connectivity index (χ4n) is 0.486. The van der Waals surface area contributed by atoms with E-state index in [2.05, 4.69) is 10.9 Å². The van der Waals surface area contributed by atoms with Gasteiger partial charge in [-0.25, -0.2) is 4.98 Å². The van der Waals surface area contributed by atoms with Crippen molar-refractivity contribution in [2.24, 2.45) is 0 Å². The van der Waals surface area contributed by atoms with Gasteiger partial charge in [-0.2, -0.15) is 0 Å². The molecule has 0 spiro atoms. The second-order valence-corrected chi connectivity index (χ2v) is 1.44. The second kappa shape index (κ2) is 4.40. The molecule has 1 aromatic heterocycles. The van der Waals surface area contributed by atoms with E-state index < -0.39 is 0 Å². The SMILES string of the molecule is C#CCn1ccnc1.[Ag]. The predicted octanol–water partition coefficient (Wildman–Crippen LogP) is 0.514. The molecule has 0 aliphatic carbocycles. The van der Waals surface area contributed by atoms with Gasteiger partial charge in [-0.15, -0.1) is 6.42 Å². The van der Waals surface area contributed by atoms with Gasteiger partial charge >= 0.3 is 0 Å². The number of terminal acetylenes is 1. The summed E-state index contributed by atoms with van der Waals surface area (Å²) in [5.74, 6) is 2.49. The van der Waals surface area contributed by atoms with E-state index in [4.69, 9.17) is 6.42 Å². The Kier molecular flexibility index (Phi) is 4.16. The van der Waals surface area contributed by atoms with E-state index >= 15 is 0 Å². The van der Waals surface area contributed by atoms with Crippen LogP contribution in [0.5, 0.6) is 0 Å². The van der Waals surface area contributed by atoms with Gasteiger partial charge < -0.3 is 4.57 Å². The Morgan fingerprint density at radius 2 is 2.44 bits per heavy atom. The molecule has 1 radical (unpaired) electrons. The van der Waals surface area contributed by atoms with Crippen LogP contribution in [0, 0.1) is 12.3 Å². The van der Waals surface area contributed by atoms with Crippen LogP contribution < -0.4 is 0 Å². The largest absolute Gasteiger partial charge is 0.326 e. The van der Waals surface area contributed by atoms with Gasteiger partial charge in [0.1, 0.15) is 0 Å². The molecule has 0 bridgehead atoms. The first-order chi connectivity index (χ1) is 3.93. The van der Waals surface area contributed by atoms with Crippen molar-refractivity contribution in [1.82, 2.24) is 9.55 Å². The van der Waals surface area contributed by atoms with E-state index in [9.17, 15) is 0 Å². The van der Waals surface area contributed by atoms with Crippen LogP contribution in [0.2, 0.25) is 0 Å². The van der Waals surface area contributed by atoms with Crippen LogP contribution in [-0.4, -0.2) is 9.55 Å². The minimum absolute atomic E-state index is 0. The van der Waals surface area contributed by atoms with Crippen LogP contribution >= 0.6 is 0 Å². The Morgan fingerprint density at radius 3 is 2.89 bits per heavy atom. The molecule has 0 aliphatic heterocycles. The number of hydrogen-bond donors (Lipinski definition) is 0. The van der Waals surface area contributed by atoms with Crippen LogP contribution in [0.1, 0.15) is 0 Å². The molecule has 9 heavy (non-hydrogen) atoms. The third kappa shape index (κ3) is 2.52. The third-order valence-electron chi connectivity index (χ3n) is 0.833. The molecule has 3 heteroatoms. The van der Waals surface area contributed by atoms with E-state index in [0.717, 1.165) is 0 Å². The predicted molar refractivity (Wildman–Crippen MR) is 31.1 cm³/mol. The molecule has 0 aliphatic rings. The van der Waals surface area contributed by atoms with Crippen molar-refractivity contribution in [3.8, 4) is 12.3 Å². The molecule has 0 fully saturated rings. The monoisotopic (exact) mass is 213 g/mol. The fraction of sp³-hybridized carbons (Fsp3) is 0.167. The van der Waals surface area contributed by atoms with Crippen molar-refractivity contribution in [2.75, 3.05) is 0 Å². The van der Waals surface area contributed by atoms with E-state index in [1.165, 1.54) is 0 Å². The maximum atomic E-state index is 5.02. The Morgan fingerprint density at radius 1 is 1.67 bits per heavy atom. The summed E-state index contributed by atoms with van der Waals surface area (Å²) in [6.45, 7) is 0.611. The zero-order chi connectivity index (χ0) is 5.82. The van der Waals surface area contributed by atoms with Gasteiger partial charge in [-0.05, 0) is 0 Å². The van der Waals surface area contributed by atoms with Crippen molar-refractivity contribution in [2.45, 2.75) is 6.54 Å². The first-order valence-electron chi connectivity index (χ1n) is 2.32. The second-order valence-electron chi connectivity index (χ2n) is 1.44. The van der Waals surface area contributed by atoms with E-state index in [0.29, 0.717) is 6.54 Å². The first kappa shape index (κ1) is 8.51. The molecule has 1 heterocycles. The summed E-state index contributed by atoms with van der Waals surface area (Å²) in [6, 6.07) is 0. The quantitative estimate of drug-likeness (QED) is 0.492. The summed E-state index contributed by atoms with van der Waals surface area (Å²) in [5.41, 5.74) is 0. The van der Waals surface area contributed by atoms with Crippen LogP contribution in [0.4, 0.5) is 0 Å². The molecule has 1 rings (SSSR count). The van der Waals surface area contributed by atoms with Gasteiger partial charge in [-0.3, -0.25) is 0 Å². The number of aromatic nitrogens is 2. The van der Waals surface area contributed by atoms with Gasteiger partial charge in [0.05, 0.1) is 12.9 Å². The molecule has 51 valence electrons. The number of rotatable bonds is 1. The molecule has 0 unspecified atom stereocenters. The number of nitrogens with zero attached hydrogens (tertiary/aromatic N) is 2. The van der Waals surface area contributed by atoms with Gasteiger partial charge in [0, 0.05) is 34.8 Å². The van der Waals surface area contributed by atoms with Crippen LogP contribution in [-0.2, 0) is 28.9 Å². The summed E-state index contributed by atoms with van der Waals surface area (Å²) >= 11 is 0. The van der Waals surface area contributed by atoms with Crippen molar-refractivity contribution in [3.05, 3.63) is 18.7 Å². The van der Waals surface area contributed by atoms with Crippen molar-refractivity contribution in [1.29, 1.82) is 0 Å². The molecule has 0 atom stereocenters. The van der Waals surface area contributed by atoms with Crippen molar-refractivity contribution >= 4 is 0 Å². The molecule has 0 amide bonds. The minimum atomic E-state index is 0. The van der Waals surface area contributed by atoms with Gasteiger partial charge in [-0.1, -0.05) is 5.92 Å². The molecule has 0 saturated carbocycles.